The van der Waals surface area contributed by atoms with Crippen LogP contribution in [0.4, 0.5) is 11.4 Å². The van der Waals surface area contributed by atoms with Crippen molar-refractivity contribution in [1.29, 1.82) is 5.26 Å². The van der Waals surface area contributed by atoms with E-state index in [1.165, 1.54) is 0 Å². The van der Waals surface area contributed by atoms with E-state index in [9.17, 15) is 5.26 Å². The lowest BCUT2D eigenvalue weighted by molar-refractivity contribution is 1.06. The second kappa shape index (κ2) is 17.9. The molecule has 8 nitrogen and oxygen atoms in total. The van der Waals surface area contributed by atoms with Crippen LogP contribution in [0.5, 0.6) is 0 Å². The van der Waals surface area contributed by atoms with Crippen molar-refractivity contribution in [2.24, 2.45) is 0 Å². The smallest absolute Gasteiger partial charge is 0.194 e. The number of aromatic nitrogens is 5. The molecule has 0 radical (unpaired) electrons. The number of para-hydroxylation sites is 5. The molecule has 0 saturated heterocycles. The predicted octanol–water partition coefficient (Wildman–Crippen LogP) is 17.0. The molecule has 3 heterocycles. The zero-order chi connectivity index (χ0) is 49.7. The summed E-state index contributed by atoms with van der Waals surface area (Å²) >= 11 is 0. The third-order valence-corrected chi connectivity index (χ3v) is 13.9. The van der Waals surface area contributed by atoms with E-state index in [0.717, 1.165) is 105 Å². The van der Waals surface area contributed by atoms with E-state index in [-0.39, 0.29) is 0 Å². The van der Waals surface area contributed by atoms with Gasteiger partial charge in [-0.3, -0.25) is 0 Å². The molecule has 0 saturated carbocycles. The highest BCUT2D eigenvalue weighted by molar-refractivity contribution is 6.11. The van der Waals surface area contributed by atoms with Gasteiger partial charge < -0.3 is 9.13 Å². The second-order valence-electron chi connectivity index (χ2n) is 18.0. The van der Waals surface area contributed by atoms with Crippen LogP contribution in [0.15, 0.2) is 231 Å². The van der Waals surface area contributed by atoms with Crippen molar-refractivity contribution in [2.75, 3.05) is 0 Å². The molecule has 0 N–H and O–H groups in total. The molecule has 74 heavy (non-hydrogen) atoms. The van der Waals surface area contributed by atoms with E-state index in [0.29, 0.717) is 34.4 Å². The minimum absolute atomic E-state index is 0.443. The molecule has 0 aliphatic rings. The molecule has 0 atom stereocenters. The molecule has 13 rings (SSSR count). The van der Waals surface area contributed by atoms with Gasteiger partial charge in [-0.15, -0.1) is 0 Å². The third-order valence-electron chi connectivity index (χ3n) is 13.9. The van der Waals surface area contributed by atoms with Crippen molar-refractivity contribution in [3.63, 3.8) is 0 Å². The Kier molecular flexibility index (Phi) is 10.5. The van der Waals surface area contributed by atoms with Crippen molar-refractivity contribution >= 4 is 55.0 Å². The van der Waals surface area contributed by atoms with Gasteiger partial charge in [-0.1, -0.05) is 164 Å². The Morgan fingerprint density at radius 2 is 0.797 bits per heavy atom. The normalized spacial score (nSPS) is 11.2. The fourth-order valence-electron chi connectivity index (χ4n) is 10.5. The summed E-state index contributed by atoms with van der Waals surface area (Å²) in [6.45, 7) is 15.9. The van der Waals surface area contributed by atoms with Crippen LogP contribution in [0.3, 0.4) is 0 Å². The first-order valence-electron chi connectivity index (χ1n) is 24.1. The van der Waals surface area contributed by atoms with Gasteiger partial charge in [-0.05, 0) is 100 Å². The number of benzene rings is 10. The molecular weight excluding hydrogens is 905 g/mol. The first-order chi connectivity index (χ1) is 36.6. The Balaban J connectivity index is 1.13. The largest absolute Gasteiger partial charge is 0.308 e. The molecule has 0 spiro atoms. The van der Waals surface area contributed by atoms with Crippen molar-refractivity contribution in [3.05, 3.63) is 259 Å². The Morgan fingerprint density at radius 3 is 1.34 bits per heavy atom. The third kappa shape index (κ3) is 7.25. The quantitative estimate of drug-likeness (QED) is 0.142. The average molecular weight is 943 g/mol. The molecular formula is C66H38N8. The zero-order valence-corrected chi connectivity index (χ0v) is 39.5. The fourth-order valence-corrected chi connectivity index (χ4v) is 10.5. The number of fused-ring (bicyclic) bond motifs is 6. The first kappa shape index (κ1) is 43.3. The molecule has 0 fully saturated rings. The predicted molar refractivity (Wildman–Crippen MR) is 298 cm³/mol. The van der Waals surface area contributed by atoms with Crippen LogP contribution in [-0.4, -0.2) is 24.1 Å². The molecule has 8 heteroatoms. The number of hydrogen-bond acceptors (Lipinski definition) is 4. The van der Waals surface area contributed by atoms with Crippen molar-refractivity contribution in [3.8, 4) is 85.0 Å². The summed E-state index contributed by atoms with van der Waals surface area (Å²) in [6, 6.07) is 79.7. The van der Waals surface area contributed by atoms with E-state index < -0.39 is 0 Å². The molecule has 13 aromatic rings. The van der Waals surface area contributed by atoms with Crippen LogP contribution < -0.4 is 0 Å². The Labute approximate surface area is 426 Å². The SMILES string of the molecule is [C-]#[N+]c1cccc(-c2cccc(-c3nc(-c4ccc(-c5ccccc5C#N)cc4-n4c5ccccc5c5ccccc54)nc(-c4ccc(-c5ccccc5[N+]#[C-])cc4-n4c5ccccc5c5ccccc54)n3)c2)c1. The van der Waals surface area contributed by atoms with Gasteiger partial charge in [-0.2, -0.15) is 5.26 Å². The first-order valence-corrected chi connectivity index (χ1v) is 24.1. The van der Waals surface area contributed by atoms with E-state index in [1.807, 2.05) is 97.1 Å². The van der Waals surface area contributed by atoms with Crippen molar-refractivity contribution in [2.45, 2.75) is 0 Å². The summed E-state index contributed by atoms with van der Waals surface area (Å²) in [4.78, 5) is 24.1. The molecule has 342 valence electrons. The van der Waals surface area contributed by atoms with Gasteiger partial charge >= 0.3 is 0 Å². The summed E-state index contributed by atoms with van der Waals surface area (Å²) in [5, 5.41) is 14.8. The summed E-state index contributed by atoms with van der Waals surface area (Å²) < 4.78 is 4.56. The average Bonchev–Trinajstić information content (AvgIpc) is 4.03. The Bertz CT molecular complexity index is 4210. The van der Waals surface area contributed by atoms with E-state index in [4.69, 9.17) is 28.1 Å². The Morgan fingerprint density at radius 1 is 0.351 bits per heavy atom. The zero-order valence-electron chi connectivity index (χ0n) is 39.5. The van der Waals surface area contributed by atoms with Gasteiger partial charge in [-0.25, -0.2) is 24.6 Å². The molecule has 0 aliphatic heterocycles. The maximum Gasteiger partial charge on any atom is 0.194 e. The number of nitrogens with zero attached hydrogens (tertiary/aromatic N) is 8. The van der Waals surface area contributed by atoms with E-state index >= 15 is 0 Å². The van der Waals surface area contributed by atoms with E-state index in [1.54, 1.807) is 0 Å². The molecule has 0 aliphatic carbocycles. The van der Waals surface area contributed by atoms with Gasteiger partial charge in [0.1, 0.15) is 0 Å². The summed E-state index contributed by atoms with van der Waals surface area (Å²) in [6.07, 6.45) is 0. The molecule has 10 aromatic carbocycles. The molecule has 0 unspecified atom stereocenters. The highest BCUT2D eigenvalue weighted by Gasteiger charge is 2.24. The van der Waals surface area contributed by atoms with E-state index in [2.05, 4.69) is 158 Å². The summed E-state index contributed by atoms with van der Waals surface area (Å²) in [5.41, 5.74) is 14.8. The second-order valence-corrected chi connectivity index (χ2v) is 18.0. The highest BCUT2D eigenvalue weighted by Crippen LogP contribution is 2.42. The summed E-state index contributed by atoms with van der Waals surface area (Å²) in [5.74, 6) is 1.34. The highest BCUT2D eigenvalue weighted by atomic mass is 15.1. The van der Waals surface area contributed by atoms with Crippen LogP contribution in [0.2, 0.25) is 0 Å². The van der Waals surface area contributed by atoms with Gasteiger partial charge in [0.15, 0.2) is 28.8 Å². The van der Waals surface area contributed by atoms with Crippen LogP contribution in [0.1, 0.15) is 5.56 Å². The minimum Gasteiger partial charge on any atom is -0.308 e. The maximum absolute atomic E-state index is 10.4. The van der Waals surface area contributed by atoms with Crippen LogP contribution >= 0.6 is 0 Å². The van der Waals surface area contributed by atoms with Gasteiger partial charge in [0, 0.05) is 38.2 Å². The standard InChI is InChI=1S/C66H38N8/c1-68-48-21-16-19-43(38-48)42-18-15-20-46(37-42)64-70-65(55-35-33-44(49-22-4-3-17-47(49)41-67)39-62(55)73-58-29-11-6-24-51(58)52-25-7-12-30-59(52)73)72-66(71-64)56-36-34-45(50-23-5-10-28-57(50)69-2)40-63(56)74-60-31-13-8-26-53(60)54-27-9-14-32-61(54)74/h3-40H. The van der Waals surface area contributed by atoms with Crippen molar-refractivity contribution < 1.29 is 0 Å². The topological polar surface area (TPSA) is 81.0 Å². The number of nitriles is 1. The van der Waals surface area contributed by atoms with Crippen LogP contribution in [0.25, 0.3) is 132 Å². The fraction of sp³-hybridized carbons (Fsp3) is 0. The van der Waals surface area contributed by atoms with Crippen molar-refractivity contribution in [1.82, 2.24) is 24.1 Å². The van der Waals surface area contributed by atoms with Crippen LogP contribution in [0, 0.1) is 24.5 Å². The maximum atomic E-state index is 10.4. The lowest BCUT2D eigenvalue weighted by Gasteiger charge is -2.18. The number of rotatable bonds is 8. The minimum atomic E-state index is 0.443. The van der Waals surface area contributed by atoms with Gasteiger partial charge in [0.05, 0.1) is 58.2 Å². The Hall–Kier alpha value is -10.7. The number of hydrogen-bond donors (Lipinski definition) is 0. The lowest BCUT2D eigenvalue weighted by Crippen LogP contribution is -2.06. The molecule has 0 amide bonds. The van der Waals surface area contributed by atoms with Crippen LogP contribution in [-0.2, 0) is 0 Å². The summed E-state index contributed by atoms with van der Waals surface area (Å²) in [7, 11) is 0. The monoisotopic (exact) mass is 942 g/mol. The molecule has 0 bridgehead atoms. The molecule has 3 aromatic heterocycles. The lowest BCUT2D eigenvalue weighted by atomic mass is 9.97. The van der Waals surface area contributed by atoms with Gasteiger partial charge in [0.2, 0.25) is 0 Å². The van der Waals surface area contributed by atoms with Gasteiger partial charge in [0.25, 0.3) is 0 Å².